The van der Waals surface area contributed by atoms with Gasteiger partial charge in [-0.25, -0.2) is 4.39 Å². The number of carbonyl (C=O) groups is 1. The van der Waals surface area contributed by atoms with Gasteiger partial charge in [-0.05, 0) is 6.07 Å². The van der Waals surface area contributed by atoms with E-state index in [1.807, 2.05) is 0 Å². The normalized spacial score (nSPS) is 9.64. The number of aromatic hydroxyl groups is 1. The minimum absolute atomic E-state index is 0.105. The standard InChI is InChI=1S/C7H4ClFO2/c8-5-2-7(11)4(3-10)1-6(5)9/h1-3,11H. The topological polar surface area (TPSA) is 37.3 Å². The third kappa shape index (κ3) is 1.49. The third-order valence-corrected chi connectivity index (χ3v) is 1.49. The molecule has 0 unspecified atom stereocenters. The van der Waals surface area contributed by atoms with Crippen molar-refractivity contribution in [2.24, 2.45) is 0 Å². The molecule has 0 aliphatic carbocycles. The zero-order valence-electron chi connectivity index (χ0n) is 5.34. The number of hydrogen-bond donors (Lipinski definition) is 1. The summed E-state index contributed by atoms with van der Waals surface area (Å²) in [4.78, 5) is 10.1. The lowest BCUT2D eigenvalue weighted by Gasteiger charge is -1.97. The highest BCUT2D eigenvalue weighted by atomic mass is 35.5. The van der Waals surface area contributed by atoms with E-state index in [1.165, 1.54) is 0 Å². The van der Waals surface area contributed by atoms with Crippen molar-refractivity contribution in [2.75, 3.05) is 0 Å². The van der Waals surface area contributed by atoms with E-state index in [2.05, 4.69) is 0 Å². The zero-order chi connectivity index (χ0) is 8.43. The molecule has 0 saturated carbocycles. The molecular weight excluding hydrogens is 171 g/mol. The molecule has 1 aromatic carbocycles. The van der Waals surface area contributed by atoms with Gasteiger partial charge in [0.25, 0.3) is 0 Å². The molecule has 0 saturated heterocycles. The van der Waals surface area contributed by atoms with Crippen molar-refractivity contribution in [1.29, 1.82) is 0 Å². The number of rotatable bonds is 1. The second kappa shape index (κ2) is 2.88. The summed E-state index contributed by atoms with van der Waals surface area (Å²) >= 11 is 5.29. The molecule has 0 radical (unpaired) electrons. The van der Waals surface area contributed by atoms with E-state index in [1.54, 1.807) is 0 Å². The molecule has 2 nitrogen and oxygen atoms in total. The summed E-state index contributed by atoms with van der Waals surface area (Å²) in [6.45, 7) is 0. The predicted molar refractivity (Wildman–Crippen MR) is 38.5 cm³/mol. The van der Waals surface area contributed by atoms with Gasteiger partial charge in [0.2, 0.25) is 0 Å². The largest absolute Gasteiger partial charge is 0.507 e. The highest BCUT2D eigenvalue weighted by molar-refractivity contribution is 6.31. The van der Waals surface area contributed by atoms with E-state index in [-0.39, 0.29) is 16.3 Å². The van der Waals surface area contributed by atoms with Gasteiger partial charge in [0, 0.05) is 6.07 Å². The molecular formula is C7H4ClFO2. The Labute approximate surface area is 67.2 Å². The maximum atomic E-state index is 12.5. The number of halogens is 2. The highest BCUT2D eigenvalue weighted by Gasteiger charge is 2.05. The number of phenolic OH excluding ortho intramolecular Hbond substituents is 1. The van der Waals surface area contributed by atoms with Crippen LogP contribution in [-0.2, 0) is 0 Å². The fraction of sp³-hybridized carbons (Fsp3) is 0. The average Bonchev–Trinajstić information content (AvgIpc) is 1.97. The fourth-order valence-corrected chi connectivity index (χ4v) is 0.804. The number of hydrogen-bond acceptors (Lipinski definition) is 2. The summed E-state index contributed by atoms with van der Waals surface area (Å²) in [5, 5.41) is 8.73. The summed E-state index contributed by atoms with van der Waals surface area (Å²) in [6, 6.07) is 1.87. The van der Waals surface area contributed by atoms with Crippen LogP contribution < -0.4 is 0 Å². The molecule has 58 valence electrons. The van der Waals surface area contributed by atoms with Gasteiger partial charge >= 0.3 is 0 Å². The monoisotopic (exact) mass is 174 g/mol. The van der Waals surface area contributed by atoms with Gasteiger partial charge in [-0.3, -0.25) is 4.79 Å². The lowest BCUT2D eigenvalue weighted by atomic mass is 10.2. The van der Waals surface area contributed by atoms with E-state index < -0.39 is 5.82 Å². The first-order valence-corrected chi connectivity index (χ1v) is 3.16. The molecule has 0 spiro atoms. The zero-order valence-corrected chi connectivity index (χ0v) is 6.10. The fourth-order valence-electron chi connectivity index (χ4n) is 0.646. The van der Waals surface area contributed by atoms with Gasteiger partial charge in [-0.2, -0.15) is 0 Å². The molecule has 0 heterocycles. The van der Waals surface area contributed by atoms with E-state index in [0.29, 0.717) is 6.29 Å². The highest BCUT2D eigenvalue weighted by Crippen LogP contribution is 2.23. The Kier molecular flexibility index (Phi) is 2.10. The van der Waals surface area contributed by atoms with Gasteiger partial charge in [0.05, 0.1) is 10.6 Å². The number of benzene rings is 1. The van der Waals surface area contributed by atoms with Crippen LogP contribution in [0.15, 0.2) is 12.1 Å². The molecule has 0 aliphatic heterocycles. The first kappa shape index (κ1) is 8.01. The van der Waals surface area contributed by atoms with Gasteiger partial charge in [0.15, 0.2) is 6.29 Å². The van der Waals surface area contributed by atoms with Gasteiger partial charge in [-0.1, -0.05) is 11.6 Å². The molecule has 0 bridgehead atoms. The van der Waals surface area contributed by atoms with Crippen LogP contribution in [0.4, 0.5) is 4.39 Å². The summed E-state index contributed by atoms with van der Waals surface area (Å²) in [5.41, 5.74) is -0.105. The molecule has 1 aromatic rings. The molecule has 1 rings (SSSR count). The van der Waals surface area contributed by atoms with Crippen molar-refractivity contribution in [1.82, 2.24) is 0 Å². The van der Waals surface area contributed by atoms with Crippen molar-refractivity contribution in [2.45, 2.75) is 0 Å². The van der Waals surface area contributed by atoms with Crippen LogP contribution in [-0.4, -0.2) is 11.4 Å². The third-order valence-electron chi connectivity index (χ3n) is 1.20. The number of phenols is 1. The summed E-state index contributed by atoms with van der Waals surface area (Å²) in [5.74, 6) is -1.03. The van der Waals surface area contributed by atoms with Crippen LogP contribution in [0.25, 0.3) is 0 Å². The Hall–Kier alpha value is -1.09. The second-order valence-electron chi connectivity index (χ2n) is 1.94. The lowest BCUT2D eigenvalue weighted by Crippen LogP contribution is -1.84. The molecule has 1 N–H and O–H groups in total. The van der Waals surface area contributed by atoms with Crippen LogP contribution in [0.3, 0.4) is 0 Å². The first-order chi connectivity index (χ1) is 5.15. The second-order valence-corrected chi connectivity index (χ2v) is 2.35. The molecule has 0 atom stereocenters. The maximum absolute atomic E-state index is 12.5. The summed E-state index contributed by atoms with van der Waals surface area (Å²) in [7, 11) is 0. The smallest absolute Gasteiger partial charge is 0.153 e. The van der Waals surface area contributed by atoms with Crippen LogP contribution >= 0.6 is 11.6 Å². The minimum Gasteiger partial charge on any atom is -0.507 e. The Morgan fingerprint density at radius 2 is 2.18 bits per heavy atom. The van der Waals surface area contributed by atoms with Crippen LogP contribution in [0.1, 0.15) is 10.4 Å². The molecule has 0 aromatic heterocycles. The maximum Gasteiger partial charge on any atom is 0.153 e. The van der Waals surface area contributed by atoms with Crippen molar-refractivity contribution in [3.8, 4) is 5.75 Å². The van der Waals surface area contributed by atoms with Gasteiger partial charge < -0.3 is 5.11 Å². The number of aldehydes is 1. The molecule has 0 aliphatic rings. The molecule has 11 heavy (non-hydrogen) atoms. The van der Waals surface area contributed by atoms with Gasteiger partial charge in [-0.15, -0.1) is 0 Å². The summed E-state index contributed by atoms with van der Waals surface area (Å²) in [6.07, 6.45) is 0.356. The van der Waals surface area contributed by atoms with Crippen LogP contribution in [0.5, 0.6) is 5.75 Å². The Morgan fingerprint density at radius 3 is 2.73 bits per heavy atom. The van der Waals surface area contributed by atoms with E-state index >= 15 is 0 Å². The van der Waals surface area contributed by atoms with Gasteiger partial charge in [0.1, 0.15) is 11.6 Å². The van der Waals surface area contributed by atoms with Crippen molar-refractivity contribution < 1.29 is 14.3 Å². The Bertz CT molecular complexity index is 299. The Balaban J connectivity index is 3.31. The van der Waals surface area contributed by atoms with Crippen LogP contribution in [0.2, 0.25) is 5.02 Å². The SMILES string of the molecule is O=Cc1cc(F)c(Cl)cc1O. The Morgan fingerprint density at radius 1 is 1.55 bits per heavy atom. The molecule has 0 fully saturated rings. The summed E-state index contributed by atoms with van der Waals surface area (Å²) < 4.78 is 12.5. The molecule has 0 amide bonds. The van der Waals surface area contributed by atoms with Crippen molar-refractivity contribution in [3.63, 3.8) is 0 Å². The van der Waals surface area contributed by atoms with Crippen LogP contribution in [0, 0.1) is 5.82 Å². The average molecular weight is 175 g/mol. The predicted octanol–water partition coefficient (Wildman–Crippen LogP) is 2.00. The van der Waals surface area contributed by atoms with E-state index in [0.717, 1.165) is 12.1 Å². The minimum atomic E-state index is -0.716. The number of carbonyl (C=O) groups excluding carboxylic acids is 1. The van der Waals surface area contributed by atoms with E-state index in [4.69, 9.17) is 16.7 Å². The lowest BCUT2D eigenvalue weighted by molar-refractivity contribution is 0.112. The first-order valence-electron chi connectivity index (χ1n) is 2.78. The molecule has 4 heteroatoms. The quantitative estimate of drug-likeness (QED) is 0.662. The van der Waals surface area contributed by atoms with Crippen molar-refractivity contribution >= 4 is 17.9 Å². The van der Waals surface area contributed by atoms with Crippen molar-refractivity contribution in [3.05, 3.63) is 28.5 Å². The van der Waals surface area contributed by atoms with E-state index in [9.17, 15) is 9.18 Å².